The van der Waals surface area contributed by atoms with Crippen molar-refractivity contribution >= 4 is 17.5 Å². The molecule has 0 bridgehead atoms. The Balaban J connectivity index is 1.93. The molecule has 0 fully saturated rings. The maximum atomic E-state index is 13.4. The van der Waals surface area contributed by atoms with Crippen molar-refractivity contribution in [1.29, 1.82) is 0 Å². The van der Waals surface area contributed by atoms with Gasteiger partial charge < -0.3 is 20.1 Å². The molecule has 2 N–H and O–H groups in total. The van der Waals surface area contributed by atoms with Crippen LogP contribution >= 0.6 is 0 Å². The Bertz CT molecular complexity index is 1010. The van der Waals surface area contributed by atoms with E-state index in [0.717, 1.165) is 6.07 Å². The monoisotopic (exact) mass is 464 g/mol. The number of benzene rings is 1. The van der Waals surface area contributed by atoms with Gasteiger partial charge in [0.2, 0.25) is 5.95 Å². The van der Waals surface area contributed by atoms with Gasteiger partial charge in [-0.25, -0.2) is 4.98 Å². The molecule has 0 radical (unpaired) electrons. The average Bonchev–Trinajstić information content (AvgIpc) is 2.69. The normalized spacial score (nSPS) is 14.2. The Morgan fingerprint density at radius 2 is 1.59 bits per heavy atom. The fraction of sp³-hybridized carbons (Fsp3) is 0.263. The number of rotatable bonds is 8. The number of allylic oxidation sites excluding steroid dienone is 2. The number of hydrogen-bond acceptors (Lipinski definition) is 6. The first-order valence-electron chi connectivity index (χ1n) is 9.01. The molecule has 3 rings (SSSR count). The number of para-hydroxylation sites is 2. The number of ether oxygens (including phenoxy) is 2. The standard InChI is InChI=1S/C19H15F7N4O2/c20-16(21)31-13-7-3-1-5-11(13)28-15-10(19(24,25)26)9-27-18(30-15)29-12-6-2-4-8-14(12)32-17(22)23/h1,3,5-9,16-17H,2,4H2,(H2,27,28,29,30). The lowest BCUT2D eigenvalue weighted by Gasteiger charge is -2.19. The van der Waals surface area contributed by atoms with Gasteiger partial charge in [0.05, 0.1) is 11.4 Å². The van der Waals surface area contributed by atoms with Crippen LogP contribution in [0.15, 0.2) is 54.1 Å². The van der Waals surface area contributed by atoms with E-state index < -0.39 is 36.5 Å². The number of alkyl halides is 7. The molecule has 1 aromatic carbocycles. The van der Waals surface area contributed by atoms with Crippen molar-refractivity contribution in [2.24, 2.45) is 0 Å². The van der Waals surface area contributed by atoms with Crippen LogP contribution in [0.25, 0.3) is 0 Å². The van der Waals surface area contributed by atoms with Crippen LogP contribution in [-0.4, -0.2) is 23.2 Å². The molecule has 0 atom stereocenters. The first kappa shape index (κ1) is 23.2. The number of aromatic nitrogens is 2. The highest BCUT2D eigenvalue weighted by atomic mass is 19.4. The largest absolute Gasteiger partial charge is 0.433 e. The third kappa shape index (κ3) is 6.02. The Hall–Kier alpha value is -3.51. The molecule has 1 heterocycles. The van der Waals surface area contributed by atoms with Crippen molar-refractivity contribution in [3.8, 4) is 5.75 Å². The van der Waals surface area contributed by atoms with Gasteiger partial charge in [-0.2, -0.15) is 35.7 Å². The lowest BCUT2D eigenvalue weighted by Crippen LogP contribution is -2.16. The van der Waals surface area contributed by atoms with E-state index in [1.54, 1.807) is 0 Å². The second-order valence-electron chi connectivity index (χ2n) is 6.22. The van der Waals surface area contributed by atoms with Crippen molar-refractivity contribution in [2.75, 3.05) is 10.6 Å². The molecule has 2 aromatic rings. The molecule has 1 aromatic heterocycles. The van der Waals surface area contributed by atoms with Crippen LogP contribution in [0.3, 0.4) is 0 Å². The van der Waals surface area contributed by atoms with Crippen LogP contribution in [0.2, 0.25) is 0 Å². The summed E-state index contributed by atoms with van der Waals surface area (Å²) >= 11 is 0. The second-order valence-corrected chi connectivity index (χ2v) is 6.22. The topological polar surface area (TPSA) is 68.3 Å². The molecule has 0 amide bonds. The van der Waals surface area contributed by atoms with E-state index in [1.165, 1.54) is 30.4 Å². The van der Waals surface area contributed by atoms with Crippen LogP contribution in [-0.2, 0) is 10.9 Å². The highest BCUT2D eigenvalue weighted by Gasteiger charge is 2.35. The second kappa shape index (κ2) is 9.75. The lowest BCUT2D eigenvalue weighted by atomic mass is 10.1. The summed E-state index contributed by atoms with van der Waals surface area (Å²) < 4.78 is 99.5. The third-order valence-electron chi connectivity index (χ3n) is 4.02. The molecule has 0 spiro atoms. The number of halogens is 7. The molecular formula is C19H15F7N4O2. The van der Waals surface area contributed by atoms with Crippen molar-refractivity contribution in [3.63, 3.8) is 0 Å². The van der Waals surface area contributed by atoms with E-state index in [9.17, 15) is 30.7 Å². The maximum absolute atomic E-state index is 13.4. The summed E-state index contributed by atoms with van der Waals surface area (Å²) in [5.41, 5.74) is -1.45. The minimum atomic E-state index is -4.88. The van der Waals surface area contributed by atoms with Crippen LogP contribution in [0.4, 0.5) is 48.2 Å². The Kier molecular flexibility index (Phi) is 7.05. The van der Waals surface area contributed by atoms with Gasteiger partial charge in [0.15, 0.2) is 0 Å². The highest BCUT2D eigenvalue weighted by Crippen LogP contribution is 2.37. The van der Waals surface area contributed by atoms with Gasteiger partial charge in [-0.1, -0.05) is 18.2 Å². The molecule has 6 nitrogen and oxygen atoms in total. The molecule has 1 aliphatic carbocycles. The Morgan fingerprint density at radius 3 is 2.28 bits per heavy atom. The van der Waals surface area contributed by atoms with E-state index in [0.29, 0.717) is 19.0 Å². The number of nitrogens with one attached hydrogen (secondary N) is 2. The summed E-state index contributed by atoms with van der Waals surface area (Å²) in [7, 11) is 0. The zero-order valence-electron chi connectivity index (χ0n) is 16.0. The molecular weight excluding hydrogens is 449 g/mol. The number of anilines is 3. The van der Waals surface area contributed by atoms with Crippen LogP contribution in [0.1, 0.15) is 18.4 Å². The van der Waals surface area contributed by atoms with Crippen LogP contribution < -0.4 is 15.4 Å². The summed E-state index contributed by atoms with van der Waals surface area (Å²) in [6.45, 7) is -6.32. The summed E-state index contributed by atoms with van der Waals surface area (Å²) in [5.74, 6) is -1.75. The summed E-state index contributed by atoms with van der Waals surface area (Å²) in [6.07, 6.45) is -0.646. The first-order valence-corrected chi connectivity index (χ1v) is 9.01. The minimum Gasteiger partial charge on any atom is -0.433 e. The zero-order chi connectivity index (χ0) is 23.3. The van der Waals surface area contributed by atoms with Gasteiger partial charge in [0, 0.05) is 6.20 Å². The van der Waals surface area contributed by atoms with Crippen LogP contribution in [0.5, 0.6) is 5.75 Å². The molecule has 32 heavy (non-hydrogen) atoms. The Morgan fingerprint density at radius 1 is 0.906 bits per heavy atom. The van der Waals surface area contributed by atoms with Crippen molar-refractivity contribution in [2.45, 2.75) is 32.2 Å². The molecule has 172 valence electrons. The Labute approximate surface area is 176 Å². The SMILES string of the molecule is FC(F)OC1=CCCC=C1Nc1ncc(C(F)(F)F)c(Nc2ccccc2OC(F)F)n1. The van der Waals surface area contributed by atoms with Gasteiger partial charge in [0.1, 0.15) is 22.9 Å². The maximum Gasteiger partial charge on any atom is 0.421 e. The van der Waals surface area contributed by atoms with Crippen molar-refractivity contribution in [1.82, 2.24) is 9.97 Å². The minimum absolute atomic E-state index is 0.0451. The van der Waals surface area contributed by atoms with Crippen LogP contribution in [0, 0.1) is 0 Å². The van der Waals surface area contributed by atoms with Gasteiger partial charge >= 0.3 is 19.4 Å². The molecule has 0 aliphatic heterocycles. The highest BCUT2D eigenvalue weighted by molar-refractivity contribution is 5.67. The third-order valence-corrected chi connectivity index (χ3v) is 4.02. The average molecular weight is 464 g/mol. The summed E-state index contributed by atoms with van der Waals surface area (Å²) in [6, 6.07) is 5.09. The van der Waals surface area contributed by atoms with E-state index in [-0.39, 0.29) is 23.1 Å². The lowest BCUT2D eigenvalue weighted by molar-refractivity contribution is -0.137. The summed E-state index contributed by atoms with van der Waals surface area (Å²) in [4.78, 5) is 7.34. The zero-order valence-corrected chi connectivity index (χ0v) is 16.0. The number of hydrogen-bond donors (Lipinski definition) is 2. The smallest absolute Gasteiger partial charge is 0.421 e. The molecule has 1 aliphatic rings. The van der Waals surface area contributed by atoms with Crippen molar-refractivity contribution in [3.05, 3.63) is 59.6 Å². The van der Waals surface area contributed by atoms with E-state index >= 15 is 0 Å². The molecule has 13 heteroatoms. The molecule has 0 saturated heterocycles. The van der Waals surface area contributed by atoms with Gasteiger partial charge in [0.25, 0.3) is 0 Å². The van der Waals surface area contributed by atoms with Gasteiger partial charge in [-0.15, -0.1) is 0 Å². The number of nitrogens with zero attached hydrogens (tertiary/aromatic N) is 2. The predicted octanol–water partition coefficient (Wildman–Crippen LogP) is 6.05. The first-order chi connectivity index (χ1) is 15.1. The molecule has 0 unspecified atom stereocenters. The fourth-order valence-electron chi connectivity index (χ4n) is 2.73. The predicted molar refractivity (Wildman–Crippen MR) is 99.5 cm³/mol. The van der Waals surface area contributed by atoms with Gasteiger partial charge in [-0.05, 0) is 31.1 Å². The van der Waals surface area contributed by atoms with Crippen molar-refractivity contribution < 1.29 is 40.2 Å². The van der Waals surface area contributed by atoms with E-state index in [2.05, 4.69) is 30.1 Å². The van der Waals surface area contributed by atoms with Gasteiger partial charge in [-0.3, -0.25) is 0 Å². The fourth-order valence-corrected chi connectivity index (χ4v) is 2.73. The van der Waals surface area contributed by atoms with E-state index in [1.807, 2.05) is 0 Å². The summed E-state index contributed by atoms with van der Waals surface area (Å²) in [5, 5.41) is 4.86. The van der Waals surface area contributed by atoms with E-state index in [4.69, 9.17) is 0 Å². The molecule has 0 saturated carbocycles. The quantitative estimate of drug-likeness (QED) is 0.464.